The Balaban J connectivity index is 0.000000144. The molecule has 0 aromatic rings. The predicted molar refractivity (Wildman–Crippen MR) is 41.4 cm³/mol. The molecule has 0 aromatic heterocycles. The van der Waals surface area contributed by atoms with Gasteiger partial charge in [-0.2, -0.15) is 0 Å². The zero-order chi connectivity index (χ0) is 7.11. The van der Waals surface area contributed by atoms with E-state index in [2.05, 4.69) is 8.85 Å². The molecule has 0 aromatic carbocycles. The van der Waals surface area contributed by atoms with Crippen LogP contribution in [0.15, 0.2) is 0 Å². The third-order valence-corrected chi connectivity index (χ3v) is 1.65. The molecular formula is C5H13ClO2Si. The molecule has 0 heterocycles. The Morgan fingerprint density at radius 1 is 1.33 bits per heavy atom. The van der Waals surface area contributed by atoms with Gasteiger partial charge in [-0.25, -0.2) is 0 Å². The SMILES string of the molecule is CO[SiH2]OC.ClC1CC1. The number of rotatable bonds is 2. The maximum Gasteiger partial charge on any atom is 0.303 e. The second-order valence-electron chi connectivity index (χ2n) is 1.87. The zero-order valence-corrected chi connectivity index (χ0v) is 8.06. The van der Waals surface area contributed by atoms with Crippen LogP contribution in [0.2, 0.25) is 0 Å². The molecule has 2 nitrogen and oxygen atoms in total. The van der Waals surface area contributed by atoms with E-state index in [1.54, 1.807) is 14.2 Å². The Morgan fingerprint density at radius 2 is 1.67 bits per heavy atom. The summed E-state index contributed by atoms with van der Waals surface area (Å²) in [6, 6.07) is 0. The minimum atomic E-state index is -0.568. The van der Waals surface area contributed by atoms with Gasteiger partial charge in [0.2, 0.25) is 0 Å². The Bertz CT molecular complexity index is 56.9. The summed E-state index contributed by atoms with van der Waals surface area (Å²) >= 11 is 5.39. The first-order valence-electron chi connectivity index (χ1n) is 2.93. The first-order valence-corrected chi connectivity index (χ1v) is 4.52. The lowest BCUT2D eigenvalue weighted by Crippen LogP contribution is -1.93. The smallest absolute Gasteiger partial charge is 0.303 e. The fourth-order valence-electron chi connectivity index (χ4n) is 0.181. The Labute approximate surface area is 63.6 Å². The van der Waals surface area contributed by atoms with Crippen molar-refractivity contribution >= 4 is 21.6 Å². The van der Waals surface area contributed by atoms with E-state index in [-0.39, 0.29) is 0 Å². The summed E-state index contributed by atoms with van der Waals surface area (Å²) in [5.74, 6) is 0. The lowest BCUT2D eigenvalue weighted by Gasteiger charge is -1.86. The highest BCUT2D eigenvalue weighted by Gasteiger charge is 2.15. The molecule has 56 valence electrons. The van der Waals surface area contributed by atoms with Gasteiger partial charge in [-0.05, 0) is 12.8 Å². The normalized spacial score (nSPS) is 16.3. The van der Waals surface area contributed by atoms with Crippen molar-refractivity contribution in [1.82, 2.24) is 0 Å². The molecule has 1 aliphatic carbocycles. The van der Waals surface area contributed by atoms with Crippen LogP contribution in [0.25, 0.3) is 0 Å². The summed E-state index contributed by atoms with van der Waals surface area (Å²) < 4.78 is 9.22. The third kappa shape index (κ3) is 11.8. The Morgan fingerprint density at radius 3 is 1.67 bits per heavy atom. The molecule has 4 heteroatoms. The molecule has 0 saturated heterocycles. The summed E-state index contributed by atoms with van der Waals surface area (Å²) in [4.78, 5) is 0. The largest absolute Gasteiger partial charge is 0.402 e. The molecule has 1 rings (SSSR count). The third-order valence-electron chi connectivity index (χ3n) is 0.743. The average Bonchev–Trinajstić information content (AvgIpc) is 2.55. The van der Waals surface area contributed by atoms with E-state index < -0.39 is 10.0 Å². The lowest BCUT2D eigenvalue weighted by atomic mass is 11.0. The van der Waals surface area contributed by atoms with Crippen LogP contribution in [0, 0.1) is 0 Å². The predicted octanol–water partition coefficient (Wildman–Crippen LogP) is 0.666. The van der Waals surface area contributed by atoms with Gasteiger partial charge >= 0.3 is 10.0 Å². The Hall–Kier alpha value is 0.427. The van der Waals surface area contributed by atoms with Crippen molar-refractivity contribution in [2.24, 2.45) is 0 Å². The molecule has 1 aliphatic rings. The highest BCUT2D eigenvalue weighted by atomic mass is 35.5. The molecule has 0 aliphatic heterocycles. The average molecular weight is 169 g/mol. The second kappa shape index (κ2) is 6.55. The monoisotopic (exact) mass is 168 g/mol. The number of halogens is 1. The molecule has 1 saturated carbocycles. The highest BCUT2D eigenvalue weighted by molar-refractivity contribution is 6.22. The molecule has 0 radical (unpaired) electrons. The van der Waals surface area contributed by atoms with Crippen molar-refractivity contribution in [1.29, 1.82) is 0 Å². The summed E-state index contributed by atoms with van der Waals surface area (Å²) in [6.07, 6.45) is 2.50. The van der Waals surface area contributed by atoms with Crippen molar-refractivity contribution in [2.75, 3.05) is 14.2 Å². The highest BCUT2D eigenvalue weighted by Crippen LogP contribution is 2.25. The molecule has 0 amide bonds. The summed E-state index contributed by atoms with van der Waals surface area (Å²) in [5.41, 5.74) is 0. The van der Waals surface area contributed by atoms with Gasteiger partial charge < -0.3 is 8.85 Å². The molecule has 0 N–H and O–H groups in total. The van der Waals surface area contributed by atoms with Crippen molar-refractivity contribution in [2.45, 2.75) is 18.2 Å². The van der Waals surface area contributed by atoms with Gasteiger partial charge in [0.15, 0.2) is 0 Å². The summed E-state index contributed by atoms with van der Waals surface area (Å²) in [5, 5.41) is 0.556. The van der Waals surface area contributed by atoms with E-state index >= 15 is 0 Å². The first-order chi connectivity index (χ1) is 4.31. The maximum absolute atomic E-state index is 5.39. The van der Waals surface area contributed by atoms with Gasteiger partial charge in [0.05, 0.1) is 0 Å². The quantitative estimate of drug-likeness (QED) is 0.446. The van der Waals surface area contributed by atoms with Crippen LogP contribution in [0.1, 0.15) is 12.8 Å². The minimum absolute atomic E-state index is 0.556. The Kier molecular flexibility index (Phi) is 6.86. The van der Waals surface area contributed by atoms with E-state index in [0.29, 0.717) is 5.38 Å². The van der Waals surface area contributed by atoms with Crippen LogP contribution in [-0.2, 0) is 8.85 Å². The van der Waals surface area contributed by atoms with Gasteiger partial charge in [-0.3, -0.25) is 0 Å². The van der Waals surface area contributed by atoms with E-state index in [1.165, 1.54) is 12.8 Å². The molecule has 9 heavy (non-hydrogen) atoms. The van der Waals surface area contributed by atoms with Crippen LogP contribution >= 0.6 is 11.6 Å². The van der Waals surface area contributed by atoms with Crippen LogP contribution in [0.5, 0.6) is 0 Å². The van der Waals surface area contributed by atoms with Crippen molar-refractivity contribution < 1.29 is 8.85 Å². The standard InChI is InChI=1S/C3H5Cl.C2H8O2Si/c4-3-1-2-3;1-3-5-4-2/h3H,1-2H2;5H2,1-2H3. The minimum Gasteiger partial charge on any atom is -0.402 e. The number of hydrogen-bond donors (Lipinski definition) is 0. The van der Waals surface area contributed by atoms with Gasteiger partial charge in [0.25, 0.3) is 0 Å². The maximum atomic E-state index is 5.39. The van der Waals surface area contributed by atoms with Gasteiger partial charge in [0.1, 0.15) is 0 Å². The van der Waals surface area contributed by atoms with Gasteiger partial charge in [-0.15, -0.1) is 11.6 Å². The lowest BCUT2D eigenvalue weighted by molar-refractivity contribution is 0.309. The van der Waals surface area contributed by atoms with Crippen LogP contribution < -0.4 is 0 Å². The molecule has 0 atom stereocenters. The van der Waals surface area contributed by atoms with Crippen LogP contribution in [0.4, 0.5) is 0 Å². The topological polar surface area (TPSA) is 18.5 Å². The number of hydrogen-bond acceptors (Lipinski definition) is 2. The van der Waals surface area contributed by atoms with E-state index in [0.717, 1.165) is 0 Å². The van der Waals surface area contributed by atoms with Crippen LogP contribution in [0.3, 0.4) is 0 Å². The fourth-order valence-corrected chi connectivity index (χ4v) is 0.543. The summed E-state index contributed by atoms with van der Waals surface area (Å²) in [6.45, 7) is 0. The van der Waals surface area contributed by atoms with E-state index in [9.17, 15) is 0 Å². The zero-order valence-electron chi connectivity index (χ0n) is 5.89. The van der Waals surface area contributed by atoms with Crippen molar-refractivity contribution in [3.05, 3.63) is 0 Å². The van der Waals surface area contributed by atoms with Crippen molar-refractivity contribution in [3.63, 3.8) is 0 Å². The first kappa shape index (κ1) is 9.43. The summed E-state index contributed by atoms with van der Waals surface area (Å²) in [7, 11) is 2.73. The van der Waals surface area contributed by atoms with Crippen molar-refractivity contribution in [3.8, 4) is 0 Å². The molecule has 0 unspecified atom stereocenters. The molecular weight excluding hydrogens is 156 g/mol. The van der Waals surface area contributed by atoms with Gasteiger partial charge in [-0.1, -0.05) is 0 Å². The second-order valence-corrected chi connectivity index (χ2v) is 3.88. The molecule has 0 spiro atoms. The van der Waals surface area contributed by atoms with E-state index in [1.807, 2.05) is 0 Å². The van der Waals surface area contributed by atoms with E-state index in [4.69, 9.17) is 11.6 Å². The number of alkyl halides is 1. The fraction of sp³-hybridized carbons (Fsp3) is 1.00. The molecule has 1 fully saturated rings. The molecule has 0 bridgehead atoms. The van der Waals surface area contributed by atoms with Crippen LogP contribution in [-0.4, -0.2) is 29.6 Å². The van der Waals surface area contributed by atoms with Gasteiger partial charge in [0, 0.05) is 19.6 Å².